The highest BCUT2D eigenvalue weighted by molar-refractivity contribution is 5.93. The van der Waals surface area contributed by atoms with Crippen molar-refractivity contribution in [3.05, 3.63) is 0 Å². The molecule has 0 spiro atoms. The van der Waals surface area contributed by atoms with Gasteiger partial charge >= 0.3 is 5.97 Å². The summed E-state index contributed by atoms with van der Waals surface area (Å²) in [5, 5.41) is 0. The predicted molar refractivity (Wildman–Crippen MR) is 78.9 cm³/mol. The van der Waals surface area contributed by atoms with Gasteiger partial charge in [-0.2, -0.15) is 0 Å². The molecule has 3 heterocycles. The van der Waals surface area contributed by atoms with Gasteiger partial charge in [0.05, 0.1) is 12.0 Å². The lowest BCUT2D eigenvalue weighted by molar-refractivity contribution is -0.176. The molecule has 21 heavy (non-hydrogen) atoms. The van der Waals surface area contributed by atoms with Gasteiger partial charge < -0.3 is 9.47 Å². The zero-order valence-corrected chi connectivity index (χ0v) is 13.8. The van der Waals surface area contributed by atoms with Crippen molar-refractivity contribution < 1.29 is 19.1 Å². The third kappa shape index (κ3) is 2.86. The van der Waals surface area contributed by atoms with E-state index in [1.54, 1.807) is 7.11 Å². The molecular weight excluding hydrogens is 270 g/mol. The van der Waals surface area contributed by atoms with Crippen LogP contribution < -0.4 is 0 Å². The number of piperidine rings is 3. The lowest BCUT2D eigenvalue weighted by atomic mass is 9.71. The molecule has 0 aromatic heterocycles. The lowest BCUT2D eigenvalue weighted by Gasteiger charge is -2.55. The van der Waals surface area contributed by atoms with Crippen molar-refractivity contribution in [2.45, 2.75) is 52.1 Å². The number of fused-ring (bicyclic) bond motifs is 3. The molecule has 4 atom stereocenters. The molecule has 3 saturated heterocycles. The van der Waals surface area contributed by atoms with Gasteiger partial charge in [-0.15, -0.1) is 0 Å². The summed E-state index contributed by atoms with van der Waals surface area (Å²) < 4.78 is 10.8. The molecule has 0 radical (unpaired) electrons. The van der Waals surface area contributed by atoms with Crippen molar-refractivity contribution in [2.24, 2.45) is 11.3 Å². The fourth-order valence-corrected chi connectivity index (χ4v) is 3.56. The summed E-state index contributed by atoms with van der Waals surface area (Å²) in [7, 11) is 1.59. The fourth-order valence-electron chi connectivity index (χ4n) is 3.56. The maximum absolute atomic E-state index is 12.8. The Bertz CT molecular complexity index is 428. The normalized spacial score (nSPS) is 35.9. The van der Waals surface area contributed by atoms with E-state index in [2.05, 4.69) is 11.8 Å². The van der Waals surface area contributed by atoms with Crippen LogP contribution in [0.5, 0.6) is 0 Å². The molecule has 3 rings (SSSR count). The van der Waals surface area contributed by atoms with E-state index in [1.165, 1.54) is 0 Å². The Morgan fingerprint density at radius 3 is 2.57 bits per heavy atom. The first-order chi connectivity index (χ1) is 9.72. The molecule has 0 saturated carbocycles. The first-order valence-electron chi connectivity index (χ1n) is 7.69. The molecule has 3 fully saturated rings. The van der Waals surface area contributed by atoms with Crippen LogP contribution in [0.15, 0.2) is 0 Å². The minimum Gasteiger partial charge on any atom is -0.463 e. The van der Waals surface area contributed by atoms with E-state index in [1.807, 2.05) is 20.8 Å². The van der Waals surface area contributed by atoms with E-state index in [-0.39, 0.29) is 30.9 Å². The van der Waals surface area contributed by atoms with E-state index in [9.17, 15) is 9.59 Å². The maximum Gasteiger partial charge on any atom is 0.311 e. The highest BCUT2D eigenvalue weighted by atomic mass is 16.5. The number of rotatable bonds is 4. The third-order valence-electron chi connectivity index (χ3n) is 4.69. The van der Waals surface area contributed by atoms with Gasteiger partial charge in [0.15, 0.2) is 5.78 Å². The molecule has 5 heteroatoms. The molecule has 4 unspecified atom stereocenters. The van der Waals surface area contributed by atoms with Crippen LogP contribution >= 0.6 is 0 Å². The summed E-state index contributed by atoms with van der Waals surface area (Å²) in [6, 6.07) is 0.324. The average Bonchev–Trinajstić information content (AvgIpc) is 2.40. The second-order valence-corrected chi connectivity index (χ2v) is 7.42. The largest absolute Gasteiger partial charge is 0.463 e. The molecule has 5 nitrogen and oxygen atoms in total. The molecule has 0 aromatic carbocycles. The van der Waals surface area contributed by atoms with Gasteiger partial charge in [0.1, 0.15) is 12.1 Å². The third-order valence-corrected chi connectivity index (χ3v) is 4.69. The molecule has 120 valence electrons. The van der Waals surface area contributed by atoms with Crippen LogP contribution in [0.2, 0.25) is 0 Å². The van der Waals surface area contributed by atoms with Crippen LogP contribution in [0, 0.1) is 11.3 Å². The summed E-state index contributed by atoms with van der Waals surface area (Å²) in [6.45, 7) is 8.82. The average molecular weight is 297 g/mol. The molecule has 0 aliphatic carbocycles. The molecule has 0 N–H and O–H groups in total. The number of hydrogen-bond acceptors (Lipinski definition) is 5. The van der Waals surface area contributed by atoms with E-state index in [4.69, 9.17) is 9.47 Å². The zero-order chi connectivity index (χ0) is 15.8. The number of esters is 1. The highest BCUT2D eigenvalue weighted by Crippen LogP contribution is 2.40. The van der Waals surface area contributed by atoms with Crippen LogP contribution in [0.1, 0.15) is 40.5 Å². The predicted octanol–water partition coefficient (Wildman–Crippen LogP) is 1.64. The number of methoxy groups -OCH3 is 1. The van der Waals surface area contributed by atoms with E-state index in [0.29, 0.717) is 6.04 Å². The van der Waals surface area contributed by atoms with Crippen molar-refractivity contribution >= 4 is 11.8 Å². The highest BCUT2D eigenvalue weighted by Gasteiger charge is 2.56. The quantitative estimate of drug-likeness (QED) is 0.738. The molecule has 0 aromatic rings. The number of Topliss-reactive ketones (excluding diaryl/α,β-unsaturated/α-hetero) is 1. The van der Waals surface area contributed by atoms with Crippen molar-refractivity contribution in [1.82, 2.24) is 4.90 Å². The minimum atomic E-state index is -0.795. The zero-order valence-electron chi connectivity index (χ0n) is 13.8. The Balaban J connectivity index is 2.20. The van der Waals surface area contributed by atoms with Gasteiger partial charge in [0, 0.05) is 25.6 Å². The van der Waals surface area contributed by atoms with Gasteiger partial charge in [-0.1, -0.05) is 0 Å². The summed E-state index contributed by atoms with van der Waals surface area (Å²) in [6.07, 6.45) is 1.80. The first-order valence-corrected chi connectivity index (χ1v) is 7.69. The number of carbonyl (C=O) groups is 2. The van der Waals surface area contributed by atoms with Gasteiger partial charge in [0.2, 0.25) is 0 Å². The van der Waals surface area contributed by atoms with Crippen molar-refractivity contribution in [3.63, 3.8) is 0 Å². The van der Waals surface area contributed by atoms with Crippen molar-refractivity contribution in [2.75, 3.05) is 26.9 Å². The van der Waals surface area contributed by atoms with Gasteiger partial charge in [-0.25, -0.2) is 0 Å². The van der Waals surface area contributed by atoms with Crippen molar-refractivity contribution in [1.29, 1.82) is 0 Å². The minimum absolute atomic E-state index is 0.0773. The Hall–Kier alpha value is -0.940. The Morgan fingerprint density at radius 1 is 1.38 bits per heavy atom. The fraction of sp³-hybridized carbons (Fsp3) is 0.875. The van der Waals surface area contributed by atoms with Crippen LogP contribution in [-0.4, -0.2) is 55.1 Å². The van der Waals surface area contributed by atoms with E-state index >= 15 is 0 Å². The maximum atomic E-state index is 12.8. The van der Waals surface area contributed by atoms with Crippen LogP contribution in [0.25, 0.3) is 0 Å². The topological polar surface area (TPSA) is 55.8 Å². The van der Waals surface area contributed by atoms with E-state index < -0.39 is 11.0 Å². The second-order valence-electron chi connectivity index (χ2n) is 7.42. The Morgan fingerprint density at radius 2 is 2.05 bits per heavy atom. The molecular formula is C16H27NO4. The summed E-state index contributed by atoms with van der Waals surface area (Å²) in [5.41, 5.74) is -1.36. The van der Waals surface area contributed by atoms with Gasteiger partial charge in [0.25, 0.3) is 0 Å². The van der Waals surface area contributed by atoms with Gasteiger partial charge in [-0.05, 0) is 40.5 Å². The molecule has 0 amide bonds. The van der Waals surface area contributed by atoms with E-state index in [0.717, 1.165) is 19.4 Å². The van der Waals surface area contributed by atoms with Crippen molar-refractivity contribution in [3.8, 4) is 0 Å². The molecule has 2 bridgehead atoms. The van der Waals surface area contributed by atoms with Gasteiger partial charge in [-0.3, -0.25) is 14.5 Å². The number of carbonyl (C=O) groups excluding carboxylic acids is 2. The van der Waals surface area contributed by atoms with Crippen LogP contribution in [0.3, 0.4) is 0 Å². The summed E-state index contributed by atoms with van der Waals surface area (Å²) >= 11 is 0. The second kappa shape index (κ2) is 5.69. The SMILES string of the molecule is COCC1(COC(=O)C(C)(C)C)C(=O)C2CCN1C(C)C2. The lowest BCUT2D eigenvalue weighted by Crippen LogP contribution is -2.71. The number of ether oxygens (including phenoxy) is 2. The number of hydrogen-bond donors (Lipinski definition) is 0. The first kappa shape index (κ1) is 16.4. The summed E-state index contributed by atoms with van der Waals surface area (Å²) in [5.74, 6) is -0.0232. The molecule has 3 aliphatic heterocycles. The smallest absolute Gasteiger partial charge is 0.311 e. The van der Waals surface area contributed by atoms with Crippen LogP contribution in [-0.2, 0) is 19.1 Å². The Kier molecular flexibility index (Phi) is 4.45. The number of nitrogens with zero attached hydrogens (tertiary/aromatic N) is 1. The summed E-state index contributed by atoms with van der Waals surface area (Å²) in [4.78, 5) is 27.0. The Labute approximate surface area is 127 Å². The standard InChI is InChI=1S/C16H27NO4/c1-11-8-12-6-7-17(11)16(9-20-5,13(12)18)10-21-14(19)15(2,3)4/h11-12H,6-10H2,1-5H3. The monoisotopic (exact) mass is 297 g/mol. The number of ketones is 1. The molecule has 3 aliphatic rings. The van der Waals surface area contributed by atoms with Crippen LogP contribution in [0.4, 0.5) is 0 Å².